The van der Waals surface area contributed by atoms with Gasteiger partial charge in [-0.25, -0.2) is 4.79 Å². The Morgan fingerprint density at radius 3 is 2.67 bits per heavy atom. The predicted molar refractivity (Wildman–Crippen MR) is 59.9 cm³/mol. The van der Waals surface area contributed by atoms with E-state index in [1.54, 1.807) is 24.3 Å². The summed E-state index contributed by atoms with van der Waals surface area (Å²) in [5.74, 6) is 0.0348. The number of carbonyl (C=O) groups is 1. The highest BCUT2D eigenvalue weighted by atomic mass is 35.5. The first-order valence-corrected chi connectivity index (χ1v) is 5.11. The van der Waals surface area contributed by atoms with Gasteiger partial charge in [0.1, 0.15) is 11.8 Å². The lowest BCUT2D eigenvalue weighted by Crippen LogP contribution is -2.38. The maximum atomic E-state index is 11.5. The standard InChI is InChI=1S/C11H14ClNO2/c1-7(2)10(13)11(14)15-9-5-3-4-8(12)6-9/h3-7,10H,13H2,1-2H3. The maximum absolute atomic E-state index is 11.5. The second-order valence-electron chi connectivity index (χ2n) is 3.65. The zero-order valence-corrected chi connectivity index (χ0v) is 9.49. The van der Waals surface area contributed by atoms with E-state index in [9.17, 15) is 4.79 Å². The summed E-state index contributed by atoms with van der Waals surface area (Å²) in [6, 6.07) is 6.06. The number of hydrogen-bond acceptors (Lipinski definition) is 3. The number of esters is 1. The Hall–Kier alpha value is -1.06. The molecule has 0 aliphatic heterocycles. The minimum atomic E-state index is -0.607. The molecule has 0 heterocycles. The van der Waals surface area contributed by atoms with E-state index in [2.05, 4.69) is 0 Å². The topological polar surface area (TPSA) is 52.3 Å². The molecule has 0 saturated carbocycles. The Morgan fingerprint density at radius 2 is 2.13 bits per heavy atom. The minimum Gasteiger partial charge on any atom is -0.425 e. The van der Waals surface area contributed by atoms with E-state index < -0.39 is 12.0 Å². The van der Waals surface area contributed by atoms with Crippen molar-refractivity contribution >= 4 is 17.6 Å². The summed E-state index contributed by atoms with van der Waals surface area (Å²) in [6.45, 7) is 3.73. The van der Waals surface area contributed by atoms with Crippen molar-refractivity contribution in [1.82, 2.24) is 0 Å². The molecule has 0 fully saturated rings. The first kappa shape index (κ1) is 12.0. The molecule has 1 aromatic carbocycles. The normalized spacial score (nSPS) is 12.6. The molecule has 15 heavy (non-hydrogen) atoms. The molecule has 4 heteroatoms. The molecule has 1 unspecified atom stereocenters. The van der Waals surface area contributed by atoms with Crippen LogP contribution in [0, 0.1) is 5.92 Å². The highest BCUT2D eigenvalue weighted by Gasteiger charge is 2.19. The quantitative estimate of drug-likeness (QED) is 0.637. The van der Waals surface area contributed by atoms with Gasteiger partial charge in [-0.1, -0.05) is 31.5 Å². The van der Waals surface area contributed by atoms with E-state index in [4.69, 9.17) is 22.1 Å². The molecule has 0 amide bonds. The molecule has 3 nitrogen and oxygen atoms in total. The summed E-state index contributed by atoms with van der Waals surface area (Å²) in [5, 5.41) is 0.526. The van der Waals surface area contributed by atoms with Crippen molar-refractivity contribution in [2.24, 2.45) is 11.7 Å². The molecule has 0 spiro atoms. The Balaban J connectivity index is 2.66. The van der Waals surface area contributed by atoms with Gasteiger partial charge in [-0.15, -0.1) is 0 Å². The van der Waals surface area contributed by atoms with E-state index >= 15 is 0 Å². The number of halogens is 1. The molecule has 0 aliphatic rings. The van der Waals surface area contributed by atoms with E-state index in [1.807, 2.05) is 13.8 Å². The van der Waals surface area contributed by atoms with Gasteiger partial charge in [0, 0.05) is 5.02 Å². The Kier molecular flexibility index (Phi) is 4.12. The first-order chi connectivity index (χ1) is 7.00. The van der Waals surface area contributed by atoms with E-state index in [-0.39, 0.29) is 5.92 Å². The van der Waals surface area contributed by atoms with Crippen LogP contribution in [0.25, 0.3) is 0 Å². The van der Waals surface area contributed by atoms with E-state index in [0.29, 0.717) is 10.8 Å². The summed E-state index contributed by atoms with van der Waals surface area (Å²) in [5.41, 5.74) is 5.64. The Morgan fingerprint density at radius 1 is 1.47 bits per heavy atom. The van der Waals surface area contributed by atoms with Crippen LogP contribution in [-0.4, -0.2) is 12.0 Å². The van der Waals surface area contributed by atoms with Crippen LogP contribution < -0.4 is 10.5 Å². The van der Waals surface area contributed by atoms with Crippen LogP contribution in [0.2, 0.25) is 5.02 Å². The third-order valence-electron chi connectivity index (χ3n) is 2.00. The van der Waals surface area contributed by atoms with Gasteiger partial charge in [-0.05, 0) is 24.1 Å². The summed E-state index contributed by atoms with van der Waals surface area (Å²) in [7, 11) is 0. The van der Waals surface area contributed by atoms with Crippen LogP contribution in [0.4, 0.5) is 0 Å². The third-order valence-corrected chi connectivity index (χ3v) is 2.24. The molecule has 1 rings (SSSR count). The minimum absolute atomic E-state index is 0.0525. The van der Waals surface area contributed by atoms with Crippen molar-refractivity contribution < 1.29 is 9.53 Å². The predicted octanol–water partition coefficient (Wildman–Crippen LogP) is 2.23. The van der Waals surface area contributed by atoms with Gasteiger partial charge in [0.15, 0.2) is 0 Å². The average molecular weight is 228 g/mol. The summed E-state index contributed by atoms with van der Waals surface area (Å²) in [4.78, 5) is 11.5. The monoisotopic (exact) mass is 227 g/mol. The molecule has 0 bridgehead atoms. The van der Waals surface area contributed by atoms with Gasteiger partial charge in [-0.3, -0.25) is 0 Å². The molecule has 1 aromatic rings. The van der Waals surface area contributed by atoms with Gasteiger partial charge in [-0.2, -0.15) is 0 Å². The van der Waals surface area contributed by atoms with Gasteiger partial charge < -0.3 is 10.5 Å². The van der Waals surface area contributed by atoms with Crippen molar-refractivity contribution in [3.63, 3.8) is 0 Å². The van der Waals surface area contributed by atoms with Crippen molar-refractivity contribution in [3.05, 3.63) is 29.3 Å². The SMILES string of the molecule is CC(C)C(N)C(=O)Oc1cccc(Cl)c1. The third kappa shape index (κ3) is 3.53. The van der Waals surface area contributed by atoms with Crippen molar-refractivity contribution in [1.29, 1.82) is 0 Å². The van der Waals surface area contributed by atoms with Crippen molar-refractivity contribution in [2.45, 2.75) is 19.9 Å². The fourth-order valence-corrected chi connectivity index (χ4v) is 1.17. The van der Waals surface area contributed by atoms with Crippen LogP contribution in [0.3, 0.4) is 0 Å². The maximum Gasteiger partial charge on any atom is 0.328 e. The number of nitrogens with two attached hydrogens (primary N) is 1. The lowest BCUT2D eigenvalue weighted by molar-refractivity contribution is -0.136. The van der Waals surface area contributed by atoms with Crippen molar-refractivity contribution in [2.75, 3.05) is 0 Å². The second-order valence-corrected chi connectivity index (χ2v) is 4.08. The van der Waals surface area contributed by atoms with E-state index in [1.165, 1.54) is 0 Å². The smallest absolute Gasteiger partial charge is 0.328 e. The van der Waals surface area contributed by atoms with Gasteiger partial charge >= 0.3 is 5.97 Å². The van der Waals surface area contributed by atoms with Crippen LogP contribution in [0.5, 0.6) is 5.75 Å². The first-order valence-electron chi connectivity index (χ1n) is 4.73. The van der Waals surface area contributed by atoms with Crippen molar-refractivity contribution in [3.8, 4) is 5.75 Å². The van der Waals surface area contributed by atoms with Gasteiger partial charge in [0.25, 0.3) is 0 Å². The zero-order chi connectivity index (χ0) is 11.4. The largest absolute Gasteiger partial charge is 0.425 e. The molecule has 2 N–H and O–H groups in total. The Bertz CT molecular complexity index is 352. The molecular formula is C11H14ClNO2. The van der Waals surface area contributed by atoms with Crippen LogP contribution in [0.1, 0.15) is 13.8 Å². The summed E-state index contributed by atoms with van der Waals surface area (Å²) < 4.78 is 5.07. The molecular weight excluding hydrogens is 214 g/mol. The number of hydrogen-bond donors (Lipinski definition) is 1. The lowest BCUT2D eigenvalue weighted by atomic mass is 10.1. The van der Waals surface area contributed by atoms with Crippen LogP contribution in [0.15, 0.2) is 24.3 Å². The summed E-state index contributed by atoms with van der Waals surface area (Å²) >= 11 is 5.75. The fourth-order valence-electron chi connectivity index (χ4n) is 0.987. The number of rotatable bonds is 3. The number of benzene rings is 1. The fraction of sp³-hybridized carbons (Fsp3) is 0.364. The van der Waals surface area contributed by atoms with Gasteiger partial charge in [0.2, 0.25) is 0 Å². The molecule has 0 aromatic heterocycles. The second kappa shape index (κ2) is 5.14. The lowest BCUT2D eigenvalue weighted by Gasteiger charge is -2.14. The molecule has 82 valence electrons. The molecule has 0 radical (unpaired) electrons. The molecule has 1 atom stereocenters. The number of carbonyl (C=O) groups excluding carboxylic acids is 1. The molecule has 0 aliphatic carbocycles. The van der Waals surface area contributed by atoms with E-state index in [0.717, 1.165) is 0 Å². The number of ether oxygens (including phenoxy) is 1. The summed E-state index contributed by atoms with van der Waals surface area (Å²) in [6.07, 6.45) is 0. The van der Waals surface area contributed by atoms with Gasteiger partial charge in [0.05, 0.1) is 0 Å². The Labute approximate surface area is 94.2 Å². The average Bonchev–Trinajstić information content (AvgIpc) is 2.16. The van der Waals surface area contributed by atoms with Crippen LogP contribution >= 0.6 is 11.6 Å². The van der Waals surface area contributed by atoms with Crippen LogP contribution in [-0.2, 0) is 4.79 Å². The highest BCUT2D eigenvalue weighted by Crippen LogP contribution is 2.17. The zero-order valence-electron chi connectivity index (χ0n) is 8.74. The highest BCUT2D eigenvalue weighted by molar-refractivity contribution is 6.30. The molecule has 0 saturated heterocycles.